The first-order valence-electron chi connectivity index (χ1n) is 10.1. The zero-order chi connectivity index (χ0) is 23.1. The minimum atomic E-state index is -0.464. The number of fused-ring (bicyclic) bond motifs is 3. The van der Waals surface area contributed by atoms with Crippen LogP contribution in [0.15, 0.2) is 60.0 Å². The molecule has 0 spiro atoms. The van der Waals surface area contributed by atoms with Crippen LogP contribution >= 0.6 is 23.4 Å². The molecule has 7 nitrogen and oxygen atoms in total. The summed E-state index contributed by atoms with van der Waals surface area (Å²) in [5.41, 5.74) is 6.05. The quantitative estimate of drug-likeness (QED) is 0.350. The van der Waals surface area contributed by atoms with E-state index in [1.807, 2.05) is 22.9 Å². The lowest BCUT2D eigenvalue weighted by Gasteiger charge is -2.06. The molecule has 0 fully saturated rings. The van der Waals surface area contributed by atoms with Crippen molar-refractivity contribution in [2.24, 2.45) is 0 Å². The SMILES string of the molecule is Cc1ccc(C)c(-c2cc3c4nnc(SCC(=O)Nc5ccc(F)cc5Cl)n4ccn3n2)c1. The normalized spacial score (nSPS) is 11.4. The highest BCUT2D eigenvalue weighted by Gasteiger charge is 2.15. The van der Waals surface area contributed by atoms with Crippen LogP contribution < -0.4 is 5.32 Å². The van der Waals surface area contributed by atoms with Gasteiger partial charge < -0.3 is 5.32 Å². The second kappa shape index (κ2) is 8.49. The van der Waals surface area contributed by atoms with Gasteiger partial charge in [0, 0.05) is 18.0 Å². The number of amides is 1. The Bertz CT molecular complexity index is 1530. The maximum absolute atomic E-state index is 13.2. The van der Waals surface area contributed by atoms with E-state index in [0.717, 1.165) is 28.4 Å². The molecule has 2 aromatic carbocycles. The number of thioether (sulfide) groups is 1. The van der Waals surface area contributed by atoms with Crippen LogP contribution in [-0.4, -0.2) is 35.9 Å². The lowest BCUT2D eigenvalue weighted by Crippen LogP contribution is -2.14. The number of aryl methyl sites for hydroxylation is 2. The molecule has 0 aliphatic rings. The molecule has 5 aromatic rings. The van der Waals surface area contributed by atoms with E-state index >= 15 is 0 Å². The van der Waals surface area contributed by atoms with Crippen molar-refractivity contribution in [1.29, 1.82) is 0 Å². The van der Waals surface area contributed by atoms with Crippen molar-refractivity contribution in [3.63, 3.8) is 0 Å². The first-order valence-corrected chi connectivity index (χ1v) is 11.4. The topological polar surface area (TPSA) is 76.6 Å². The van der Waals surface area contributed by atoms with Gasteiger partial charge >= 0.3 is 0 Å². The summed E-state index contributed by atoms with van der Waals surface area (Å²) in [4.78, 5) is 12.4. The number of anilines is 1. The number of rotatable bonds is 5. The van der Waals surface area contributed by atoms with E-state index in [0.29, 0.717) is 16.5 Å². The van der Waals surface area contributed by atoms with Gasteiger partial charge in [0.1, 0.15) is 11.3 Å². The van der Waals surface area contributed by atoms with Gasteiger partial charge in [0.15, 0.2) is 10.8 Å². The van der Waals surface area contributed by atoms with Gasteiger partial charge in [-0.2, -0.15) is 5.10 Å². The predicted molar refractivity (Wildman–Crippen MR) is 127 cm³/mol. The highest BCUT2D eigenvalue weighted by atomic mass is 35.5. The van der Waals surface area contributed by atoms with Crippen LogP contribution in [0, 0.1) is 19.7 Å². The van der Waals surface area contributed by atoms with E-state index in [-0.39, 0.29) is 16.7 Å². The van der Waals surface area contributed by atoms with Crippen LogP contribution in [0.4, 0.5) is 10.1 Å². The molecule has 10 heteroatoms. The Labute approximate surface area is 197 Å². The Morgan fingerprint density at radius 1 is 1.12 bits per heavy atom. The summed E-state index contributed by atoms with van der Waals surface area (Å²) in [6.07, 6.45) is 3.65. The molecule has 0 saturated carbocycles. The van der Waals surface area contributed by atoms with Gasteiger partial charge in [-0.05, 0) is 49.7 Å². The summed E-state index contributed by atoms with van der Waals surface area (Å²) < 4.78 is 16.8. The molecule has 0 radical (unpaired) electrons. The smallest absolute Gasteiger partial charge is 0.234 e. The number of halogens is 2. The van der Waals surface area contributed by atoms with Crippen molar-refractivity contribution >= 4 is 46.1 Å². The Morgan fingerprint density at radius 2 is 1.97 bits per heavy atom. The Morgan fingerprint density at radius 3 is 2.79 bits per heavy atom. The van der Waals surface area contributed by atoms with Crippen LogP contribution in [0.25, 0.3) is 22.4 Å². The molecule has 5 rings (SSSR count). The van der Waals surface area contributed by atoms with E-state index in [1.54, 1.807) is 4.52 Å². The molecule has 166 valence electrons. The molecule has 0 unspecified atom stereocenters. The lowest BCUT2D eigenvalue weighted by atomic mass is 10.0. The molecular formula is C23H18ClFN6OS. The summed E-state index contributed by atoms with van der Waals surface area (Å²) in [6.45, 7) is 4.11. The Balaban J connectivity index is 1.39. The molecule has 0 bridgehead atoms. The second-order valence-electron chi connectivity index (χ2n) is 7.61. The van der Waals surface area contributed by atoms with E-state index in [2.05, 4.69) is 47.6 Å². The van der Waals surface area contributed by atoms with Crippen LogP contribution in [0.2, 0.25) is 5.02 Å². The van der Waals surface area contributed by atoms with Gasteiger partial charge in [0.05, 0.1) is 22.2 Å². The highest BCUT2D eigenvalue weighted by Crippen LogP contribution is 2.27. The minimum absolute atomic E-state index is 0.0900. The summed E-state index contributed by atoms with van der Waals surface area (Å²) in [7, 11) is 0. The number of benzene rings is 2. The fraction of sp³-hybridized carbons (Fsp3) is 0.130. The molecule has 3 aromatic heterocycles. The predicted octanol–water partition coefficient (Wildman–Crippen LogP) is 5.18. The average molecular weight is 481 g/mol. The molecule has 33 heavy (non-hydrogen) atoms. The van der Waals surface area contributed by atoms with Crippen LogP contribution in [0.5, 0.6) is 0 Å². The molecule has 0 aliphatic heterocycles. The van der Waals surface area contributed by atoms with Gasteiger partial charge in [-0.1, -0.05) is 41.1 Å². The molecule has 3 heterocycles. The molecule has 0 atom stereocenters. The first kappa shape index (κ1) is 21.4. The Kier molecular flexibility index (Phi) is 5.51. The van der Waals surface area contributed by atoms with Crippen molar-refractivity contribution in [1.82, 2.24) is 24.2 Å². The van der Waals surface area contributed by atoms with Gasteiger partial charge in [0.25, 0.3) is 0 Å². The number of hydrogen-bond acceptors (Lipinski definition) is 5. The highest BCUT2D eigenvalue weighted by molar-refractivity contribution is 7.99. The van der Waals surface area contributed by atoms with Gasteiger partial charge in [0.2, 0.25) is 5.91 Å². The van der Waals surface area contributed by atoms with Crippen molar-refractivity contribution in [2.75, 3.05) is 11.1 Å². The third kappa shape index (κ3) is 4.17. The summed E-state index contributed by atoms with van der Waals surface area (Å²) in [5, 5.41) is 16.7. The molecular weight excluding hydrogens is 463 g/mol. The molecule has 1 N–H and O–H groups in total. The number of aromatic nitrogens is 5. The average Bonchev–Trinajstić information content (AvgIpc) is 3.39. The zero-order valence-corrected chi connectivity index (χ0v) is 19.3. The fourth-order valence-electron chi connectivity index (χ4n) is 3.54. The van der Waals surface area contributed by atoms with Crippen molar-refractivity contribution in [3.05, 3.63) is 76.8 Å². The van der Waals surface area contributed by atoms with Crippen LogP contribution in [-0.2, 0) is 4.79 Å². The Hall–Kier alpha value is -3.43. The van der Waals surface area contributed by atoms with Crippen LogP contribution in [0.1, 0.15) is 11.1 Å². The van der Waals surface area contributed by atoms with Crippen molar-refractivity contribution in [2.45, 2.75) is 19.0 Å². The zero-order valence-electron chi connectivity index (χ0n) is 17.7. The lowest BCUT2D eigenvalue weighted by molar-refractivity contribution is -0.113. The first-order chi connectivity index (χ1) is 15.9. The number of nitrogens with one attached hydrogen (secondary N) is 1. The number of hydrogen-bond donors (Lipinski definition) is 1. The van der Waals surface area contributed by atoms with E-state index in [9.17, 15) is 9.18 Å². The standard InChI is InChI=1S/C23H18ClFN6OS/c1-13-3-4-14(2)16(9-13)19-11-20-22-27-28-23(30(22)7-8-31(20)29-19)33-12-21(32)26-18-6-5-15(25)10-17(18)24/h3-11H,12H2,1-2H3,(H,26,32). The largest absolute Gasteiger partial charge is 0.324 e. The van der Waals surface area contributed by atoms with E-state index in [1.165, 1.54) is 29.5 Å². The third-order valence-electron chi connectivity index (χ3n) is 5.19. The third-order valence-corrected chi connectivity index (χ3v) is 6.45. The minimum Gasteiger partial charge on any atom is -0.324 e. The maximum Gasteiger partial charge on any atom is 0.234 e. The molecule has 1 amide bonds. The number of carbonyl (C=O) groups is 1. The monoisotopic (exact) mass is 480 g/mol. The number of nitrogens with zero attached hydrogens (tertiary/aromatic N) is 5. The van der Waals surface area contributed by atoms with Gasteiger partial charge in [-0.15, -0.1) is 10.2 Å². The summed E-state index contributed by atoms with van der Waals surface area (Å²) in [6, 6.07) is 12.1. The number of carbonyl (C=O) groups excluding carboxylic acids is 1. The maximum atomic E-state index is 13.2. The van der Waals surface area contributed by atoms with E-state index in [4.69, 9.17) is 16.7 Å². The van der Waals surface area contributed by atoms with E-state index < -0.39 is 5.82 Å². The molecule has 0 aliphatic carbocycles. The second-order valence-corrected chi connectivity index (χ2v) is 8.96. The van der Waals surface area contributed by atoms with Gasteiger partial charge in [-0.3, -0.25) is 9.20 Å². The van der Waals surface area contributed by atoms with Crippen molar-refractivity contribution in [3.8, 4) is 11.3 Å². The van der Waals surface area contributed by atoms with Crippen LogP contribution in [0.3, 0.4) is 0 Å². The summed E-state index contributed by atoms with van der Waals surface area (Å²) in [5.74, 6) is -0.658. The fourth-order valence-corrected chi connectivity index (χ4v) is 4.47. The molecule has 0 saturated heterocycles. The van der Waals surface area contributed by atoms with Gasteiger partial charge in [-0.25, -0.2) is 8.91 Å². The summed E-state index contributed by atoms with van der Waals surface area (Å²) >= 11 is 7.21. The van der Waals surface area contributed by atoms with Crippen molar-refractivity contribution < 1.29 is 9.18 Å².